The Morgan fingerprint density at radius 3 is 1.77 bits per heavy atom. The van der Waals surface area contributed by atoms with E-state index in [1.165, 1.54) is 30.3 Å². The van der Waals surface area contributed by atoms with E-state index in [0.29, 0.717) is 6.61 Å². The van der Waals surface area contributed by atoms with E-state index in [9.17, 15) is 13.6 Å². The Morgan fingerprint density at radius 2 is 1.38 bits per heavy atom. The molecule has 0 bridgehead atoms. The van der Waals surface area contributed by atoms with Crippen molar-refractivity contribution in [3.05, 3.63) is 89.0 Å². The molecule has 0 spiro atoms. The van der Waals surface area contributed by atoms with Crippen LogP contribution in [-0.4, -0.2) is 12.6 Å². The lowest BCUT2D eigenvalue weighted by atomic mass is 9.87. The van der Waals surface area contributed by atoms with Gasteiger partial charge in [0.05, 0.1) is 6.61 Å². The van der Waals surface area contributed by atoms with Crippen LogP contribution >= 0.6 is 0 Å². The second kappa shape index (κ2) is 9.09. The first-order valence-electron chi connectivity index (χ1n) is 8.53. The van der Waals surface area contributed by atoms with Crippen molar-refractivity contribution in [2.24, 2.45) is 5.92 Å². The summed E-state index contributed by atoms with van der Waals surface area (Å²) < 4.78 is 31.7. The van der Waals surface area contributed by atoms with Crippen molar-refractivity contribution in [1.29, 1.82) is 0 Å². The number of benzene rings is 2. The number of allylic oxidation sites excluding steroid dienone is 2. The van der Waals surface area contributed by atoms with Crippen molar-refractivity contribution in [3.8, 4) is 0 Å². The largest absolute Gasteiger partial charge is 0.463 e. The monoisotopic (exact) mass is 356 g/mol. The molecule has 0 saturated carbocycles. The molecule has 0 fully saturated rings. The minimum atomic E-state index is -0.428. The van der Waals surface area contributed by atoms with Gasteiger partial charge in [-0.15, -0.1) is 0 Å². The average Bonchev–Trinajstić information content (AvgIpc) is 2.61. The Balaban J connectivity index is 2.64. The summed E-state index contributed by atoms with van der Waals surface area (Å²) in [6.45, 7) is 6.04. The molecule has 26 heavy (non-hydrogen) atoms. The van der Waals surface area contributed by atoms with Crippen LogP contribution in [0.3, 0.4) is 0 Å². The van der Waals surface area contributed by atoms with Crippen LogP contribution in [0.25, 0.3) is 5.57 Å². The van der Waals surface area contributed by atoms with Crippen molar-refractivity contribution in [1.82, 2.24) is 0 Å². The number of hydrogen-bond donors (Lipinski definition) is 0. The van der Waals surface area contributed by atoms with Gasteiger partial charge in [0.2, 0.25) is 0 Å². The molecule has 2 aromatic carbocycles. The minimum Gasteiger partial charge on any atom is -0.463 e. The number of carbonyl (C=O) groups is 1. The fourth-order valence-corrected chi connectivity index (χ4v) is 2.65. The molecular formula is C22H22F2O2. The Labute approximate surface area is 152 Å². The topological polar surface area (TPSA) is 26.3 Å². The highest BCUT2D eigenvalue weighted by atomic mass is 19.1. The number of ether oxygens (including phenoxy) is 1. The first-order valence-corrected chi connectivity index (χ1v) is 8.53. The molecule has 0 N–H and O–H groups in total. The minimum absolute atomic E-state index is 0.0748. The summed E-state index contributed by atoms with van der Waals surface area (Å²) in [6.07, 6.45) is 3.09. The van der Waals surface area contributed by atoms with Crippen molar-refractivity contribution in [3.63, 3.8) is 0 Å². The lowest BCUT2D eigenvalue weighted by Crippen LogP contribution is -2.03. The zero-order chi connectivity index (χ0) is 19.1. The number of hydrogen-bond acceptors (Lipinski definition) is 2. The normalized spacial score (nSPS) is 11.0. The van der Waals surface area contributed by atoms with Gasteiger partial charge in [-0.25, -0.2) is 13.6 Å². The van der Waals surface area contributed by atoms with Crippen LogP contribution in [0.5, 0.6) is 0 Å². The van der Waals surface area contributed by atoms with E-state index >= 15 is 0 Å². The van der Waals surface area contributed by atoms with E-state index in [2.05, 4.69) is 0 Å². The molecule has 0 aliphatic carbocycles. The molecule has 0 aromatic heterocycles. The van der Waals surface area contributed by atoms with Crippen LogP contribution in [-0.2, 0) is 9.53 Å². The van der Waals surface area contributed by atoms with E-state index in [1.54, 1.807) is 37.3 Å². The van der Waals surface area contributed by atoms with Crippen LogP contribution in [0.2, 0.25) is 0 Å². The Hall–Kier alpha value is -2.75. The highest BCUT2D eigenvalue weighted by molar-refractivity contribution is 5.87. The molecule has 4 heteroatoms. The zero-order valence-corrected chi connectivity index (χ0v) is 15.1. The second-order valence-electron chi connectivity index (χ2n) is 6.08. The maximum absolute atomic E-state index is 13.4. The van der Waals surface area contributed by atoms with Gasteiger partial charge in [0, 0.05) is 6.08 Å². The molecule has 2 aromatic rings. The Bertz CT molecular complexity index is 754. The molecule has 136 valence electrons. The summed E-state index contributed by atoms with van der Waals surface area (Å²) in [6, 6.07) is 12.2. The summed E-state index contributed by atoms with van der Waals surface area (Å²) in [5.74, 6) is -1.02. The predicted molar refractivity (Wildman–Crippen MR) is 99.4 cm³/mol. The van der Waals surface area contributed by atoms with Gasteiger partial charge in [-0.2, -0.15) is 0 Å². The third kappa shape index (κ3) is 5.12. The summed E-state index contributed by atoms with van der Waals surface area (Å²) in [4.78, 5) is 11.7. The molecule has 0 heterocycles. The van der Waals surface area contributed by atoms with Crippen molar-refractivity contribution >= 4 is 11.5 Å². The lowest BCUT2D eigenvalue weighted by molar-refractivity contribution is -0.137. The zero-order valence-electron chi connectivity index (χ0n) is 15.1. The van der Waals surface area contributed by atoms with Gasteiger partial charge >= 0.3 is 5.97 Å². The molecule has 0 aliphatic heterocycles. The van der Waals surface area contributed by atoms with Gasteiger partial charge in [-0.1, -0.05) is 44.2 Å². The molecule has 0 saturated heterocycles. The van der Waals surface area contributed by atoms with Crippen molar-refractivity contribution in [2.45, 2.75) is 20.8 Å². The average molecular weight is 356 g/mol. The third-order valence-electron chi connectivity index (χ3n) is 3.86. The summed E-state index contributed by atoms with van der Waals surface area (Å²) >= 11 is 0. The molecule has 0 amide bonds. The van der Waals surface area contributed by atoms with E-state index in [1.807, 2.05) is 13.8 Å². The van der Waals surface area contributed by atoms with Gasteiger partial charge in [-0.3, -0.25) is 0 Å². The molecule has 0 aliphatic rings. The fraction of sp³-hybridized carbons (Fsp3) is 0.227. The number of esters is 1. The maximum atomic E-state index is 13.4. The summed E-state index contributed by atoms with van der Waals surface area (Å²) in [7, 11) is 0. The Kier molecular flexibility index (Phi) is 6.84. The van der Waals surface area contributed by atoms with Crippen LogP contribution in [0, 0.1) is 17.6 Å². The number of rotatable bonds is 6. The van der Waals surface area contributed by atoms with E-state index in [4.69, 9.17) is 4.74 Å². The van der Waals surface area contributed by atoms with Crippen LogP contribution in [0.15, 0.2) is 66.3 Å². The van der Waals surface area contributed by atoms with Crippen molar-refractivity contribution < 1.29 is 18.3 Å². The van der Waals surface area contributed by atoms with Crippen molar-refractivity contribution in [2.75, 3.05) is 6.61 Å². The van der Waals surface area contributed by atoms with E-state index in [0.717, 1.165) is 22.3 Å². The summed E-state index contributed by atoms with van der Waals surface area (Å²) in [5, 5.41) is 0. The molecule has 2 nitrogen and oxygen atoms in total. The Morgan fingerprint density at radius 1 is 0.923 bits per heavy atom. The van der Waals surface area contributed by atoms with Crippen LogP contribution < -0.4 is 0 Å². The lowest BCUT2D eigenvalue weighted by Gasteiger charge is -2.17. The third-order valence-corrected chi connectivity index (χ3v) is 3.86. The van der Waals surface area contributed by atoms with E-state index < -0.39 is 5.97 Å². The highest BCUT2D eigenvalue weighted by Gasteiger charge is 2.14. The van der Waals surface area contributed by atoms with Gasteiger partial charge in [0.1, 0.15) is 11.6 Å². The van der Waals surface area contributed by atoms with Gasteiger partial charge in [-0.05, 0) is 59.4 Å². The molecule has 0 radical (unpaired) electrons. The SMILES string of the molecule is CCOC(=O)C=CC(=C(c1ccc(F)cc1)c1ccc(F)cc1)C(C)C. The number of halogens is 2. The smallest absolute Gasteiger partial charge is 0.330 e. The first-order chi connectivity index (χ1) is 12.4. The quantitative estimate of drug-likeness (QED) is 0.386. The molecule has 2 rings (SSSR count). The van der Waals surface area contributed by atoms with Gasteiger partial charge in [0.25, 0.3) is 0 Å². The fourth-order valence-electron chi connectivity index (χ4n) is 2.65. The molecule has 0 unspecified atom stereocenters. The highest BCUT2D eigenvalue weighted by Crippen LogP contribution is 2.31. The van der Waals surface area contributed by atoms with Crippen LogP contribution in [0.4, 0.5) is 8.78 Å². The van der Waals surface area contributed by atoms with Crippen LogP contribution in [0.1, 0.15) is 31.9 Å². The van der Waals surface area contributed by atoms with E-state index in [-0.39, 0.29) is 17.6 Å². The second-order valence-corrected chi connectivity index (χ2v) is 6.08. The summed E-state index contributed by atoms with van der Waals surface area (Å²) in [5.41, 5.74) is 3.27. The molecular weight excluding hydrogens is 334 g/mol. The molecule has 0 atom stereocenters. The van der Waals surface area contributed by atoms with Gasteiger partial charge < -0.3 is 4.74 Å². The maximum Gasteiger partial charge on any atom is 0.330 e. The first kappa shape index (κ1) is 19.6. The van der Waals surface area contributed by atoms with Gasteiger partial charge in [0.15, 0.2) is 0 Å². The predicted octanol–water partition coefficient (Wildman–Crippen LogP) is 5.54. The number of carbonyl (C=O) groups excluding carboxylic acids is 1. The standard InChI is InChI=1S/C22H22F2O2/c1-4-26-21(25)14-13-20(15(2)3)22(16-5-9-18(23)10-6-16)17-7-11-19(24)12-8-17/h5-15H,4H2,1-3H3.